The van der Waals surface area contributed by atoms with Gasteiger partial charge in [-0.05, 0) is 0 Å². The van der Waals surface area contributed by atoms with Crippen LogP contribution >= 0.6 is 0 Å². The number of carbonyl (C=O) groups excluding carboxylic acids is 1. The molecular weight excluding hydrogens is 114 g/mol. The van der Waals surface area contributed by atoms with E-state index in [9.17, 15) is 9.90 Å². The second-order valence-corrected chi connectivity index (χ2v) is 0.767. The quantitative estimate of drug-likeness (QED) is 0.139. The maximum atomic E-state index is 9.50. The van der Waals surface area contributed by atoms with Gasteiger partial charge in [0.05, 0.1) is 0 Å². The van der Waals surface area contributed by atoms with Crippen LogP contribution < -0.4 is 5.11 Å². The lowest BCUT2D eigenvalue weighted by Crippen LogP contribution is -2.30. The van der Waals surface area contributed by atoms with Crippen molar-refractivity contribution in [1.82, 2.24) is 0 Å². The number of carbonyl (C=O) groups is 1. The summed E-state index contributed by atoms with van der Waals surface area (Å²) < 4.78 is -0.292. The average molecular weight is 115 g/mol. The Hall–Kier alpha value is -1.64. The van der Waals surface area contributed by atoms with Crippen LogP contribution in [0.1, 0.15) is 0 Å². The summed E-state index contributed by atoms with van der Waals surface area (Å²) >= 11 is 0. The first-order chi connectivity index (χ1) is 3.72. The predicted molar refractivity (Wildman–Crippen MR) is 15.5 cm³/mol. The van der Waals surface area contributed by atoms with E-state index in [0.29, 0.717) is 0 Å². The van der Waals surface area contributed by atoms with Crippen LogP contribution in [0.15, 0.2) is 5.28 Å². The van der Waals surface area contributed by atoms with Crippen LogP contribution in [0.2, 0.25) is 0 Å². The first-order valence-corrected chi connectivity index (χ1v) is 1.48. The molecule has 1 amide bonds. The fourth-order valence-electron chi connectivity index (χ4n) is 0.0973. The number of hydrogen-bond acceptors (Lipinski definition) is 4. The molecule has 0 aliphatic heterocycles. The van der Waals surface area contributed by atoms with Crippen molar-refractivity contribution in [2.24, 2.45) is 5.28 Å². The van der Waals surface area contributed by atoms with Gasteiger partial charge in [0, 0.05) is 4.70 Å². The lowest BCUT2D eigenvalue weighted by molar-refractivity contribution is -0.524. The van der Waals surface area contributed by atoms with Crippen LogP contribution in [0.3, 0.4) is 0 Å². The monoisotopic (exact) mass is 115 g/mol. The van der Waals surface area contributed by atoms with E-state index in [-0.39, 0.29) is 4.70 Å². The van der Waals surface area contributed by atoms with E-state index in [4.69, 9.17) is 10.5 Å². The van der Waals surface area contributed by atoms with Crippen molar-refractivity contribution >= 4 is 6.09 Å². The third-order valence-electron chi connectivity index (χ3n) is 0.357. The maximum Gasteiger partial charge on any atom is 0.491 e. The van der Waals surface area contributed by atoms with Crippen molar-refractivity contribution in [2.75, 3.05) is 0 Å². The molecule has 0 rings (SSSR count). The minimum atomic E-state index is -1.87. The van der Waals surface area contributed by atoms with Gasteiger partial charge in [0.25, 0.3) is 6.09 Å². The number of amides is 1. The standard InChI is InChI=1S/C2HN3O3/c3-1-5(4-8)2(6)7/h(H,6,7). The predicted octanol–water partition coefficient (Wildman–Crippen LogP) is -1.34. The zero-order chi connectivity index (χ0) is 6.57. The highest BCUT2D eigenvalue weighted by molar-refractivity contribution is 5.51. The van der Waals surface area contributed by atoms with E-state index in [1.165, 1.54) is 0 Å². The fourth-order valence-corrected chi connectivity index (χ4v) is 0.0973. The Morgan fingerprint density at radius 3 is 2.50 bits per heavy atom. The SMILES string of the molecule is N#C[N+](=NO)C(=O)[O-]. The smallest absolute Gasteiger partial charge is 0.491 e. The molecule has 0 aliphatic rings. The molecular formula is C2HN3O3. The van der Waals surface area contributed by atoms with Gasteiger partial charge in [-0.1, -0.05) is 0 Å². The van der Waals surface area contributed by atoms with E-state index < -0.39 is 6.09 Å². The van der Waals surface area contributed by atoms with E-state index >= 15 is 0 Å². The van der Waals surface area contributed by atoms with Gasteiger partial charge in [0.2, 0.25) is 0 Å². The summed E-state index contributed by atoms with van der Waals surface area (Å²) in [5.74, 6) is 0. The summed E-state index contributed by atoms with van der Waals surface area (Å²) in [6, 6.07) is 0. The summed E-state index contributed by atoms with van der Waals surface area (Å²) in [5.41, 5.74) is 0. The zero-order valence-electron chi connectivity index (χ0n) is 3.61. The molecule has 0 unspecified atom stereocenters. The molecule has 1 N–H and O–H groups in total. The first-order valence-electron chi connectivity index (χ1n) is 1.48. The van der Waals surface area contributed by atoms with Gasteiger partial charge in [-0.2, -0.15) is 0 Å². The third-order valence-corrected chi connectivity index (χ3v) is 0.357. The van der Waals surface area contributed by atoms with Crippen molar-refractivity contribution in [3.05, 3.63) is 0 Å². The Bertz CT molecular complexity index is 166. The number of nitrogens with zero attached hydrogens (tertiary/aromatic N) is 3. The zero-order valence-corrected chi connectivity index (χ0v) is 3.61. The largest absolute Gasteiger partial charge is 0.508 e. The normalized spacial score (nSPS) is 10.1. The summed E-state index contributed by atoms with van der Waals surface area (Å²) in [5, 5.41) is 26.8. The van der Waals surface area contributed by atoms with Crippen LogP contribution in [0.5, 0.6) is 0 Å². The molecule has 0 spiro atoms. The van der Waals surface area contributed by atoms with Gasteiger partial charge >= 0.3 is 6.19 Å². The summed E-state index contributed by atoms with van der Waals surface area (Å²) in [6.07, 6.45) is -0.860. The summed E-state index contributed by atoms with van der Waals surface area (Å²) in [6.45, 7) is 0. The van der Waals surface area contributed by atoms with Gasteiger partial charge in [-0.3, -0.25) is 0 Å². The van der Waals surface area contributed by atoms with Gasteiger partial charge in [-0.15, -0.1) is 0 Å². The number of hydrogen-bond donors (Lipinski definition) is 1. The Labute approximate surface area is 43.9 Å². The number of nitriles is 1. The Morgan fingerprint density at radius 1 is 2.00 bits per heavy atom. The van der Waals surface area contributed by atoms with E-state index in [0.717, 1.165) is 6.19 Å². The van der Waals surface area contributed by atoms with Crippen molar-refractivity contribution in [1.29, 1.82) is 5.26 Å². The molecule has 0 radical (unpaired) electrons. The molecule has 0 aliphatic carbocycles. The van der Waals surface area contributed by atoms with Gasteiger partial charge < -0.3 is 15.1 Å². The number of carboxylic acid groups (broad SMARTS) is 1. The lowest BCUT2D eigenvalue weighted by atomic mass is 11.1. The van der Waals surface area contributed by atoms with Crippen LogP contribution in [0, 0.1) is 11.5 Å². The first kappa shape index (κ1) is 6.36. The molecule has 0 aromatic rings. The minimum absolute atomic E-state index is 0.292. The Kier molecular flexibility index (Phi) is 2.00. The van der Waals surface area contributed by atoms with Crippen molar-refractivity contribution in [3.8, 4) is 6.19 Å². The molecule has 0 bridgehead atoms. The molecule has 0 fully saturated rings. The van der Waals surface area contributed by atoms with Gasteiger partial charge in [0.1, 0.15) is 5.28 Å². The molecule has 0 saturated carbocycles. The second-order valence-electron chi connectivity index (χ2n) is 0.767. The van der Waals surface area contributed by atoms with Gasteiger partial charge in [0.15, 0.2) is 5.26 Å². The molecule has 6 heteroatoms. The molecule has 0 aromatic carbocycles. The van der Waals surface area contributed by atoms with Crippen molar-refractivity contribution in [2.45, 2.75) is 0 Å². The van der Waals surface area contributed by atoms with E-state index in [2.05, 4.69) is 0 Å². The molecule has 0 aromatic heterocycles. The Morgan fingerprint density at radius 2 is 2.50 bits per heavy atom. The van der Waals surface area contributed by atoms with Crippen LogP contribution in [-0.2, 0) is 0 Å². The molecule has 0 heterocycles. The highest BCUT2D eigenvalue weighted by atomic mass is 16.5. The maximum absolute atomic E-state index is 9.50. The second kappa shape index (κ2) is 2.52. The Balaban J connectivity index is 4.20. The molecule has 6 nitrogen and oxygen atoms in total. The average Bonchev–Trinajstić information content (AvgIpc) is 1.69. The minimum Gasteiger partial charge on any atom is -0.508 e. The fraction of sp³-hybridized carbons (Fsp3) is 0. The lowest BCUT2D eigenvalue weighted by Gasteiger charge is -1.84. The van der Waals surface area contributed by atoms with Crippen molar-refractivity contribution < 1.29 is 19.8 Å². The van der Waals surface area contributed by atoms with E-state index in [1.54, 1.807) is 0 Å². The highest BCUT2D eigenvalue weighted by Crippen LogP contribution is 1.68. The van der Waals surface area contributed by atoms with Crippen LogP contribution in [0.25, 0.3) is 0 Å². The summed E-state index contributed by atoms with van der Waals surface area (Å²) in [4.78, 5) is 9.50. The molecule has 8 heavy (non-hydrogen) atoms. The molecule has 0 atom stereocenters. The molecule has 0 saturated heterocycles. The molecule has 42 valence electrons. The highest BCUT2D eigenvalue weighted by Gasteiger charge is 2.00. The van der Waals surface area contributed by atoms with Crippen molar-refractivity contribution in [3.63, 3.8) is 0 Å². The summed E-state index contributed by atoms with van der Waals surface area (Å²) in [7, 11) is 0. The van der Waals surface area contributed by atoms with Gasteiger partial charge in [-0.25, -0.2) is 0 Å². The van der Waals surface area contributed by atoms with Crippen LogP contribution in [-0.4, -0.2) is 16.0 Å². The van der Waals surface area contributed by atoms with E-state index in [1.807, 2.05) is 5.28 Å². The topological polar surface area (TPSA) is 99.5 Å². The van der Waals surface area contributed by atoms with Crippen LogP contribution in [0.4, 0.5) is 4.79 Å². The number of rotatable bonds is 0. The third kappa shape index (κ3) is 1.22.